The van der Waals surface area contributed by atoms with Crippen LogP contribution in [0, 0.1) is 11.6 Å². The van der Waals surface area contributed by atoms with Gasteiger partial charge in [-0.2, -0.15) is 11.8 Å². The van der Waals surface area contributed by atoms with Crippen LogP contribution in [0.2, 0.25) is 0 Å². The average molecular weight is 261 g/mol. The van der Waals surface area contributed by atoms with E-state index >= 15 is 0 Å². The maximum Gasteiger partial charge on any atom is 0.128 e. The van der Waals surface area contributed by atoms with Gasteiger partial charge >= 0.3 is 0 Å². The Morgan fingerprint density at radius 3 is 2.76 bits per heavy atom. The van der Waals surface area contributed by atoms with Gasteiger partial charge in [0.05, 0.1) is 0 Å². The van der Waals surface area contributed by atoms with Crippen LogP contribution >= 0.6 is 11.8 Å². The number of hydrogen-bond acceptors (Lipinski definition) is 3. The first-order chi connectivity index (χ1) is 8.04. The molecule has 2 atom stereocenters. The first-order valence-electron chi connectivity index (χ1n) is 5.47. The summed E-state index contributed by atoms with van der Waals surface area (Å²) in [5, 5.41) is 9.00. The predicted molar refractivity (Wildman–Crippen MR) is 66.9 cm³/mol. The van der Waals surface area contributed by atoms with E-state index in [1.54, 1.807) is 11.8 Å². The van der Waals surface area contributed by atoms with E-state index in [1.807, 2.05) is 6.92 Å². The molecule has 0 saturated heterocycles. The van der Waals surface area contributed by atoms with Crippen molar-refractivity contribution in [3.63, 3.8) is 0 Å². The molecule has 17 heavy (non-hydrogen) atoms. The van der Waals surface area contributed by atoms with Crippen molar-refractivity contribution in [3.8, 4) is 0 Å². The Morgan fingerprint density at radius 2 is 2.12 bits per heavy atom. The number of rotatable bonds is 6. The van der Waals surface area contributed by atoms with E-state index in [0.717, 1.165) is 18.2 Å². The van der Waals surface area contributed by atoms with Gasteiger partial charge in [0.25, 0.3) is 0 Å². The van der Waals surface area contributed by atoms with E-state index in [2.05, 4.69) is 0 Å². The summed E-state index contributed by atoms with van der Waals surface area (Å²) >= 11 is 1.54. The fourth-order valence-electron chi connectivity index (χ4n) is 1.42. The summed E-state index contributed by atoms with van der Waals surface area (Å²) in [6, 6.07) is 2.77. The minimum absolute atomic E-state index is 0.123. The van der Waals surface area contributed by atoms with E-state index in [9.17, 15) is 8.78 Å². The Labute approximate surface area is 104 Å². The Hall–Kier alpha value is -0.650. The Balaban J connectivity index is 2.57. The van der Waals surface area contributed by atoms with Crippen molar-refractivity contribution in [1.29, 1.82) is 0 Å². The second-order valence-electron chi connectivity index (χ2n) is 3.93. The van der Waals surface area contributed by atoms with Crippen molar-refractivity contribution >= 4 is 11.8 Å². The summed E-state index contributed by atoms with van der Waals surface area (Å²) in [4.78, 5) is 0. The number of aliphatic hydroxyl groups is 1. The Kier molecular flexibility index (Phi) is 5.88. The molecule has 0 spiro atoms. The molecule has 0 saturated carbocycles. The summed E-state index contributed by atoms with van der Waals surface area (Å²) in [6.07, 6.45) is 0.670. The number of benzene rings is 1. The molecule has 0 aliphatic carbocycles. The lowest BCUT2D eigenvalue weighted by Crippen LogP contribution is -2.17. The highest BCUT2D eigenvalue weighted by Gasteiger charge is 2.14. The van der Waals surface area contributed by atoms with E-state index in [0.29, 0.717) is 12.2 Å². The van der Waals surface area contributed by atoms with Crippen molar-refractivity contribution < 1.29 is 13.9 Å². The minimum Gasteiger partial charge on any atom is -0.396 e. The third kappa shape index (κ3) is 4.61. The zero-order valence-corrected chi connectivity index (χ0v) is 10.5. The quantitative estimate of drug-likeness (QED) is 0.827. The highest BCUT2D eigenvalue weighted by molar-refractivity contribution is 7.99. The molecule has 0 aliphatic heterocycles. The lowest BCUT2D eigenvalue weighted by Gasteiger charge is -2.15. The molecule has 3 N–H and O–H groups in total. The molecule has 96 valence electrons. The number of thioether (sulfide) groups is 1. The van der Waals surface area contributed by atoms with Crippen molar-refractivity contribution in [2.24, 2.45) is 5.73 Å². The summed E-state index contributed by atoms with van der Waals surface area (Å²) in [7, 11) is 0. The lowest BCUT2D eigenvalue weighted by molar-refractivity contribution is 0.289. The number of hydrogen-bond donors (Lipinski definition) is 2. The molecule has 5 heteroatoms. The summed E-state index contributed by atoms with van der Waals surface area (Å²) in [6.45, 7) is 2.09. The van der Waals surface area contributed by atoms with Crippen molar-refractivity contribution in [2.45, 2.75) is 24.6 Å². The lowest BCUT2D eigenvalue weighted by atomic mass is 10.1. The van der Waals surface area contributed by atoms with Crippen LogP contribution in [0.3, 0.4) is 0 Å². The van der Waals surface area contributed by atoms with Crippen LogP contribution < -0.4 is 5.73 Å². The molecule has 0 bridgehead atoms. The molecule has 0 heterocycles. The maximum absolute atomic E-state index is 13.4. The number of aliphatic hydroxyl groups excluding tert-OH is 1. The molecule has 1 aromatic rings. The first-order valence-corrected chi connectivity index (χ1v) is 6.52. The molecule has 0 fully saturated rings. The van der Waals surface area contributed by atoms with Crippen molar-refractivity contribution in [2.75, 3.05) is 12.4 Å². The molecule has 1 rings (SSSR count). The topological polar surface area (TPSA) is 46.2 Å². The van der Waals surface area contributed by atoms with Crippen molar-refractivity contribution in [3.05, 3.63) is 35.4 Å². The smallest absolute Gasteiger partial charge is 0.128 e. The van der Waals surface area contributed by atoms with Gasteiger partial charge in [0.1, 0.15) is 11.6 Å². The van der Waals surface area contributed by atoms with Gasteiger partial charge in [-0.05, 0) is 24.6 Å². The molecule has 2 unspecified atom stereocenters. The fraction of sp³-hybridized carbons (Fsp3) is 0.500. The second kappa shape index (κ2) is 6.93. The largest absolute Gasteiger partial charge is 0.396 e. The third-order valence-corrected chi connectivity index (χ3v) is 3.81. The zero-order valence-electron chi connectivity index (χ0n) is 9.70. The summed E-state index contributed by atoms with van der Waals surface area (Å²) in [5.74, 6) is -0.457. The molecule has 2 nitrogen and oxygen atoms in total. The van der Waals surface area contributed by atoms with E-state index in [4.69, 9.17) is 10.8 Å². The van der Waals surface area contributed by atoms with Crippen LogP contribution in [0.4, 0.5) is 8.78 Å². The Bertz CT molecular complexity index is 362. The van der Waals surface area contributed by atoms with Crippen LogP contribution in [0.25, 0.3) is 0 Å². The standard InChI is InChI=1S/C12H17F2NOS/c1-8(4-5-16)17-7-12(15)10-6-9(13)2-3-11(10)14/h2-3,6,8,12,16H,4-5,7,15H2,1H3. The summed E-state index contributed by atoms with van der Waals surface area (Å²) in [5.41, 5.74) is 6.02. The van der Waals surface area contributed by atoms with Gasteiger partial charge in [0.2, 0.25) is 0 Å². The van der Waals surface area contributed by atoms with Crippen LogP contribution in [0.1, 0.15) is 24.9 Å². The van der Waals surface area contributed by atoms with Crippen molar-refractivity contribution in [1.82, 2.24) is 0 Å². The van der Waals surface area contributed by atoms with Gasteiger partial charge in [-0.3, -0.25) is 0 Å². The predicted octanol–water partition coefficient (Wildman–Crippen LogP) is 2.47. The van der Waals surface area contributed by atoms with E-state index in [1.165, 1.54) is 0 Å². The van der Waals surface area contributed by atoms with Gasteiger partial charge in [0.15, 0.2) is 0 Å². The normalized spacial score (nSPS) is 14.6. The molecular weight excluding hydrogens is 244 g/mol. The number of halogens is 2. The van der Waals surface area contributed by atoms with E-state index in [-0.39, 0.29) is 17.4 Å². The summed E-state index contributed by atoms with van der Waals surface area (Å²) < 4.78 is 26.4. The zero-order chi connectivity index (χ0) is 12.8. The van der Waals surface area contributed by atoms with Gasteiger partial charge in [-0.15, -0.1) is 0 Å². The Morgan fingerprint density at radius 1 is 1.41 bits per heavy atom. The highest BCUT2D eigenvalue weighted by atomic mass is 32.2. The van der Waals surface area contributed by atoms with Gasteiger partial charge in [-0.25, -0.2) is 8.78 Å². The molecule has 1 aromatic carbocycles. The SMILES string of the molecule is CC(CCO)SCC(N)c1cc(F)ccc1F. The minimum atomic E-state index is -0.531. The van der Waals surface area contributed by atoms with Crippen LogP contribution in [0.15, 0.2) is 18.2 Å². The second-order valence-corrected chi connectivity index (χ2v) is 5.40. The average Bonchev–Trinajstić information content (AvgIpc) is 2.29. The molecule has 0 amide bonds. The highest BCUT2D eigenvalue weighted by Crippen LogP contribution is 2.23. The number of nitrogens with two attached hydrogens (primary N) is 1. The van der Waals surface area contributed by atoms with Gasteiger partial charge < -0.3 is 10.8 Å². The van der Waals surface area contributed by atoms with Crippen LogP contribution in [-0.2, 0) is 0 Å². The molecular formula is C12H17F2NOS. The van der Waals surface area contributed by atoms with Gasteiger partial charge in [-0.1, -0.05) is 6.92 Å². The van der Waals surface area contributed by atoms with E-state index < -0.39 is 17.7 Å². The van der Waals surface area contributed by atoms with Gasteiger partial charge in [0, 0.05) is 29.2 Å². The van der Waals surface area contributed by atoms with Crippen LogP contribution in [-0.4, -0.2) is 22.7 Å². The third-order valence-electron chi connectivity index (χ3n) is 2.45. The molecule has 0 aromatic heterocycles. The van der Waals surface area contributed by atoms with Crippen LogP contribution in [0.5, 0.6) is 0 Å². The maximum atomic E-state index is 13.4. The fourth-order valence-corrected chi connectivity index (χ4v) is 2.41. The molecule has 0 radical (unpaired) electrons. The monoisotopic (exact) mass is 261 g/mol. The molecule has 0 aliphatic rings. The first kappa shape index (κ1) is 14.4.